The lowest BCUT2D eigenvalue weighted by Gasteiger charge is -2.06. The minimum absolute atomic E-state index is 0.200. The summed E-state index contributed by atoms with van der Waals surface area (Å²) >= 11 is 0. The topological polar surface area (TPSA) is 77.1 Å². The number of anilines is 2. The molecule has 98 valence electrons. The third-order valence-electron chi connectivity index (χ3n) is 2.54. The fourth-order valence-electron chi connectivity index (χ4n) is 1.58. The van der Waals surface area contributed by atoms with Gasteiger partial charge in [-0.15, -0.1) is 0 Å². The van der Waals surface area contributed by atoms with E-state index >= 15 is 0 Å². The first-order valence-corrected chi connectivity index (χ1v) is 5.50. The number of aryl methyl sites for hydroxylation is 1. The van der Waals surface area contributed by atoms with Crippen LogP contribution in [-0.2, 0) is 7.05 Å². The van der Waals surface area contributed by atoms with Crippen LogP contribution in [0.15, 0.2) is 41.3 Å². The van der Waals surface area contributed by atoms with Gasteiger partial charge in [0.25, 0.3) is 11.5 Å². The molecule has 0 fully saturated rings. The summed E-state index contributed by atoms with van der Waals surface area (Å²) in [5.74, 6) is -1.04. The molecule has 2 rings (SSSR count). The Labute approximate surface area is 108 Å². The van der Waals surface area contributed by atoms with E-state index in [2.05, 4.69) is 5.32 Å². The average molecular weight is 261 g/mol. The summed E-state index contributed by atoms with van der Waals surface area (Å²) in [7, 11) is 1.58. The molecule has 0 aliphatic carbocycles. The van der Waals surface area contributed by atoms with E-state index in [-0.39, 0.29) is 22.5 Å². The standard InChI is InChI=1S/C13H12FN3O2/c1-17-3-2-8(4-12(17)18)13(19)16-11-6-9(14)5-10(15)7-11/h2-7H,15H2,1H3,(H,16,19). The number of benzene rings is 1. The molecule has 0 aliphatic heterocycles. The van der Waals surface area contributed by atoms with Crippen LogP contribution in [0, 0.1) is 5.82 Å². The van der Waals surface area contributed by atoms with Crippen LogP contribution in [0.1, 0.15) is 10.4 Å². The molecule has 1 heterocycles. The van der Waals surface area contributed by atoms with E-state index in [1.165, 1.54) is 29.0 Å². The number of nitrogen functional groups attached to an aromatic ring is 1. The van der Waals surface area contributed by atoms with Crippen molar-refractivity contribution in [3.63, 3.8) is 0 Å². The third-order valence-corrected chi connectivity index (χ3v) is 2.54. The monoisotopic (exact) mass is 261 g/mol. The first-order chi connectivity index (χ1) is 8.95. The lowest BCUT2D eigenvalue weighted by molar-refractivity contribution is 0.102. The molecular weight excluding hydrogens is 249 g/mol. The number of hydrogen-bond acceptors (Lipinski definition) is 3. The fraction of sp³-hybridized carbons (Fsp3) is 0.0769. The number of pyridine rings is 1. The second-order valence-corrected chi connectivity index (χ2v) is 4.09. The van der Waals surface area contributed by atoms with Crippen LogP contribution >= 0.6 is 0 Å². The van der Waals surface area contributed by atoms with Gasteiger partial charge in [0.1, 0.15) is 5.82 Å². The summed E-state index contributed by atoms with van der Waals surface area (Å²) in [6.07, 6.45) is 1.48. The number of nitrogens with one attached hydrogen (secondary N) is 1. The van der Waals surface area contributed by atoms with Crippen LogP contribution < -0.4 is 16.6 Å². The first kappa shape index (κ1) is 12.8. The zero-order chi connectivity index (χ0) is 14.0. The molecule has 6 heteroatoms. The van der Waals surface area contributed by atoms with Gasteiger partial charge in [0.15, 0.2) is 0 Å². The Morgan fingerprint density at radius 2 is 2.05 bits per heavy atom. The minimum atomic E-state index is -0.542. The van der Waals surface area contributed by atoms with Crippen molar-refractivity contribution in [3.05, 3.63) is 58.3 Å². The second kappa shape index (κ2) is 4.93. The van der Waals surface area contributed by atoms with Gasteiger partial charge in [0.2, 0.25) is 0 Å². The summed E-state index contributed by atoms with van der Waals surface area (Å²) in [4.78, 5) is 23.3. The van der Waals surface area contributed by atoms with Crippen molar-refractivity contribution in [2.45, 2.75) is 0 Å². The Morgan fingerprint density at radius 3 is 2.68 bits per heavy atom. The molecule has 1 aromatic heterocycles. The van der Waals surface area contributed by atoms with E-state index in [0.29, 0.717) is 0 Å². The summed E-state index contributed by atoms with van der Waals surface area (Å²) in [6, 6.07) is 6.43. The van der Waals surface area contributed by atoms with Crippen molar-refractivity contribution in [1.29, 1.82) is 0 Å². The molecule has 0 aliphatic rings. The summed E-state index contributed by atoms with van der Waals surface area (Å²) in [6.45, 7) is 0. The number of amides is 1. The van der Waals surface area contributed by atoms with Crippen LogP contribution in [0.4, 0.5) is 15.8 Å². The van der Waals surface area contributed by atoms with Gasteiger partial charge in [-0.25, -0.2) is 4.39 Å². The lowest BCUT2D eigenvalue weighted by atomic mass is 10.2. The molecule has 0 saturated carbocycles. The molecule has 3 N–H and O–H groups in total. The maximum absolute atomic E-state index is 13.1. The largest absolute Gasteiger partial charge is 0.399 e. The van der Waals surface area contributed by atoms with Gasteiger partial charge in [0.05, 0.1) is 0 Å². The van der Waals surface area contributed by atoms with Crippen LogP contribution in [0.3, 0.4) is 0 Å². The number of hydrogen-bond donors (Lipinski definition) is 2. The number of nitrogens with zero attached hydrogens (tertiary/aromatic N) is 1. The summed E-state index contributed by atoms with van der Waals surface area (Å²) in [5, 5.41) is 2.48. The predicted molar refractivity (Wildman–Crippen MR) is 70.4 cm³/mol. The Balaban J connectivity index is 2.25. The first-order valence-electron chi connectivity index (χ1n) is 5.50. The molecular formula is C13H12FN3O2. The van der Waals surface area contributed by atoms with Crippen molar-refractivity contribution >= 4 is 17.3 Å². The van der Waals surface area contributed by atoms with Crippen LogP contribution in [0.2, 0.25) is 0 Å². The van der Waals surface area contributed by atoms with Crippen molar-refractivity contribution in [3.8, 4) is 0 Å². The Kier molecular flexibility index (Phi) is 3.33. The van der Waals surface area contributed by atoms with Gasteiger partial charge in [-0.05, 0) is 24.3 Å². The molecule has 2 aromatic rings. The highest BCUT2D eigenvalue weighted by Crippen LogP contribution is 2.16. The van der Waals surface area contributed by atoms with E-state index in [1.54, 1.807) is 7.05 Å². The smallest absolute Gasteiger partial charge is 0.255 e. The highest BCUT2D eigenvalue weighted by Gasteiger charge is 2.08. The molecule has 19 heavy (non-hydrogen) atoms. The van der Waals surface area contributed by atoms with Gasteiger partial charge in [-0.3, -0.25) is 9.59 Å². The molecule has 0 unspecified atom stereocenters. The van der Waals surface area contributed by atoms with Gasteiger partial charge in [-0.1, -0.05) is 0 Å². The zero-order valence-electron chi connectivity index (χ0n) is 10.2. The molecule has 0 atom stereocenters. The predicted octanol–water partition coefficient (Wildman–Crippen LogP) is 1.36. The number of carbonyl (C=O) groups excluding carboxylic acids is 1. The SMILES string of the molecule is Cn1ccc(C(=O)Nc2cc(N)cc(F)c2)cc1=O. The maximum atomic E-state index is 13.1. The minimum Gasteiger partial charge on any atom is -0.399 e. The van der Waals surface area contributed by atoms with E-state index in [1.807, 2.05) is 0 Å². The van der Waals surface area contributed by atoms with E-state index in [4.69, 9.17) is 5.73 Å². The van der Waals surface area contributed by atoms with Crippen LogP contribution in [0.25, 0.3) is 0 Å². The van der Waals surface area contributed by atoms with Crippen LogP contribution in [0.5, 0.6) is 0 Å². The van der Waals surface area contributed by atoms with Crippen molar-refractivity contribution in [1.82, 2.24) is 4.57 Å². The fourth-order valence-corrected chi connectivity index (χ4v) is 1.58. The maximum Gasteiger partial charge on any atom is 0.255 e. The van der Waals surface area contributed by atoms with Crippen LogP contribution in [-0.4, -0.2) is 10.5 Å². The molecule has 0 radical (unpaired) electrons. The zero-order valence-corrected chi connectivity index (χ0v) is 10.2. The summed E-state index contributed by atoms with van der Waals surface area (Å²) in [5.41, 5.74) is 5.82. The highest BCUT2D eigenvalue weighted by atomic mass is 19.1. The highest BCUT2D eigenvalue weighted by molar-refractivity contribution is 6.04. The van der Waals surface area contributed by atoms with Gasteiger partial charge in [0, 0.05) is 36.2 Å². The Morgan fingerprint density at radius 1 is 1.32 bits per heavy atom. The van der Waals surface area contributed by atoms with Gasteiger partial charge >= 0.3 is 0 Å². The molecule has 0 saturated heterocycles. The van der Waals surface area contributed by atoms with Gasteiger partial charge < -0.3 is 15.6 Å². The van der Waals surface area contributed by atoms with Gasteiger partial charge in [-0.2, -0.15) is 0 Å². The number of rotatable bonds is 2. The van der Waals surface area contributed by atoms with Crippen molar-refractivity contribution < 1.29 is 9.18 Å². The van der Waals surface area contributed by atoms with Crippen molar-refractivity contribution in [2.75, 3.05) is 11.1 Å². The average Bonchev–Trinajstić information content (AvgIpc) is 2.31. The van der Waals surface area contributed by atoms with E-state index < -0.39 is 11.7 Å². The number of nitrogens with two attached hydrogens (primary N) is 1. The lowest BCUT2D eigenvalue weighted by Crippen LogP contribution is -2.20. The summed E-state index contributed by atoms with van der Waals surface area (Å²) < 4.78 is 14.5. The number of halogens is 1. The second-order valence-electron chi connectivity index (χ2n) is 4.09. The number of carbonyl (C=O) groups is 1. The normalized spacial score (nSPS) is 10.2. The molecule has 5 nitrogen and oxygen atoms in total. The Bertz CT molecular complexity index is 674. The molecule has 0 spiro atoms. The molecule has 1 aromatic carbocycles. The molecule has 0 bridgehead atoms. The van der Waals surface area contributed by atoms with E-state index in [9.17, 15) is 14.0 Å². The Hall–Kier alpha value is -2.63. The quantitative estimate of drug-likeness (QED) is 0.801. The van der Waals surface area contributed by atoms with E-state index in [0.717, 1.165) is 12.1 Å². The van der Waals surface area contributed by atoms with Crippen molar-refractivity contribution in [2.24, 2.45) is 7.05 Å². The molecule has 1 amide bonds. The number of aromatic nitrogens is 1. The third kappa shape index (κ3) is 2.98.